The molecule has 4 saturated carbocycles. The number of ketones is 2. The Kier molecular flexibility index (Phi) is 10.5. The fourth-order valence-electron chi connectivity index (χ4n) is 9.28. The van der Waals surface area contributed by atoms with E-state index in [9.17, 15) is 34.2 Å². The molecule has 0 bridgehead atoms. The van der Waals surface area contributed by atoms with Gasteiger partial charge in [-0.05, 0) is 60.7 Å². The third-order valence-electron chi connectivity index (χ3n) is 11.3. The summed E-state index contributed by atoms with van der Waals surface area (Å²) < 4.78 is 11.5. The number of carbonyl (C=O) groups excluding carboxylic acids is 2. The minimum atomic E-state index is -1.61. The van der Waals surface area contributed by atoms with Gasteiger partial charge < -0.3 is 37.1 Å². The topological polar surface area (TPSA) is 234 Å². The number of hydrogen-bond donors (Lipinski definition) is 5. The number of carboxylic acids is 3. The van der Waals surface area contributed by atoms with Gasteiger partial charge in [0.2, 0.25) is 0 Å². The maximum absolute atomic E-state index is 13.9. The first-order chi connectivity index (χ1) is 17.7. The number of ether oxygens (including phenoxy) is 2. The van der Waals surface area contributed by atoms with Gasteiger partial charge in [-0.15, -0.1) is 0 Å². The van der Waals surface area contributed by atoms with Gasteiger partial charge in [0.15, 0.2) is 18.0 Å². The van der Waals surface area contributed by atoms with Gasteiger partial charge in [0.1, 0.15) is 11.6 Å². The molecule has 5 aliphatic rings. The Bertz CT molecular complexity index is 1060. The second-order valence-electron chi connectivity index (χ2n) is 13.0. The molecular formula is C28H44N2O10Pt+2. The molecule has 1 saturated heterocycles. The molecule has 5 unspecified atom stereocenters. The first-order valence-corrected chi connectivity index (χ1v) is 13.8. The van der Waals surface area contributed by atoms with Crippen molar-refractivity contribution in [3.8, 4) is 0 Å². The summed E-state index contributed by atoms with van der Waals surface area (Å²) in [5.74, 6) is -5.28. The molecule has 0 aromatic carbocycles. The molecule has 10 atom stereocenters. The smallest absolute Gasteiger partial charge is 0.481 e. The van der Waals surface area contributed by atoms with Crippen molar-refractivity contribution < 1.29 is 69.8 Å². The number of hydrogen-bond acceptors (Lipinski definition) is 9. The SMILES string of the molecule is CC(CCC(=O)O)C1CC[C@H]2[C@@H]3C(=O)CC4CC5(CC[C@]4(C)[C@H]3CC(=O)[C@]12C)OC(C(=O)O)C(C(=O)O)O5.N.N.[Pt+2]. The van der Waals surface area contributed by atoms with Gasteiger partial charge in [-0.2, -0.15) is 0 Å². The van der Waals surface area contributed by atoms with Crippen molar-refractivity contribution in [2.45, 2.75) is 96.6 Å². The summed E-state index contributed by atoms with van der Waals surface area (Å²) in [5, 5.41) is 28.2. The van der Waals surface area contributed by atoms with Gasteiger partial charge >= 0.3 is 39.0 Å². The molecule has 13 heteroatoms. The van der Waals surface area contributed by atoms with E-state index >= 15 is 0 Å². The predicted molar refractivity (Wildman–Crippen MR) is 140 cm³/mol. The van der Waals surface area contributed by atoms with Crippen molar-refractivity contribution in [1.29, 1.82) is 0 Å². The zero-order chi connectivity index (χ0) is 27.8. The van der Waals surface area contributed by atoms with E-state index < -0.39 is 41.3 Å². The molecule has 0 amide bonds. The quantitative estimate of drug-likeness (QED) is 0.262. The largest absolute Gasteiger partial charge is 2.00 e. The van der Waals surface area contributed by atoms with Gasteiger partial charge in [-0.25, -0.2) is 9.59 Å². The second kappa shape index (κ2) is 12.1. The average Bonchev–Trinajstić information content (AvgIpc) is 3.39. The molecule has 0 aromatic rings. The third-order valence-corrected chi connectivity index (χ3v) is 11.3. The molecule has 0 aromatic heterocycles. The van der Waals surface area contributed by atoms with Gasteiger partial charge in [-0.3, -0.25) is 14.4 Å². The minimum absolute atomic E-state index is 0. The molecule has 0 radical (unpaired) electrons. The van der Waals surface area contributed by atoms with E-state index in [2.05, 4.69) is 6.92 Å². The zero-order valence-electron chi connectivity index (χ0n) is 23.9. The minimum Gasteiger partial charge on any atom is -0.481 e. The standard InChI is InChI=1S/C28H38O10.2H3N.Pt/c1-13(4-7-20(31)32)15-5-6-16-21-17(11-19(30)27(15,16)3)26(2)8-9-28(12-14(26)10-18(21)29)37-22(24(33)34)23(38-28)25(35)36;;;/h13-17,21-23H,4-12H2,1-3H3,(H,31,32)(H,33,34)(H,35,36);2*1H3;/q;;;+2/t13?,14?,15?,16-,17-,21-,22?,23?,26-,27+,28?;;;/m0.../s1. The monoisotopic (exact) mass is 763 g/mol. The Balaban J connectivity index is 0.00000196. The number of carboxylic acid groups (broad SMARTS) is 3. The Hall–Kier alpha value is -1.72. The van der Waals surface area contributed by atoms with Crippen molar-refractivity contribution in [2.75, 3.05) is 0 Å². The van der Waals surface area contributed by atoms with Crippen LogP contribution in [0.25, 0.3) is 0 Å². The summed E-state index contributed by atoms with van der Waals surface area (Å²) >= 11 is 0. The molecule has 9 N–H and O–H groups in total. The van der Waals surface area contributed by atoms with E-state index in [0.29, 0.717) is 25.7 Å². The van der Waals surface area contributed by atoms with Crippen LogP contribution in [0.15, 0.2) is 0 Å². The van der Waals surface area contributed by atoms with Gasteiger partial charge in [0.25, 0.3) is 0 Å². The van der Waals surface area contributed by atoms with Crippen molar-refractivity contribution in [2.24, 2.45) is 46.3 Å². The summed E-state index contributed by atoms with van der Waals surface area (Å²) in [6.07, 6.45) is 0.552. The zero-order valence-corrected chi connectivity index (χ0v) is 26.2. The summed E-state index contributed by atoms with van der Waals surface area (Å²) in [6.45, 7) is 6.14. The van der Waals surface area contributed by atoms with Crippen molar-refractivity contribution >= 4 is 29.5 Å². The fourth-order valence-corrected chi connectivity index (χ4v) is 9.28. The van der Waals surface area contributed by atoms with Crippen molar-refractivity contribution in [3.63, 3.8) is 0 Å². The Morgan fingerprint density at radius 1 is 0.927 bits per heavy atom. The second-order valence-corrected chi connectivity index (χ2v) is 13.0. The number of fused-ring (bicyclic) bond motifs is 5. The van der Waals surface area contributed by atoms with Crippen LogP contribution in [0.5, 0.6) is 0 Å². The molecule has 1 aliphatic heterocycles. The number of Topliss-reactive ketones (excluding diaryl/α,β-unsaturated/α-hetero) is 2. The summed E-state index contributed by atoms with van der Waals surface area (Å²) in [7, 11) is 0. The van der Waals surface area contributed by atoms with E-state index in [-0.39, 0.29) is 105 Å². The molecule has 1 spiro atoms. The Labute approximate surface area is 254 Å². The molecule has 12 nitrogen and oxygen atoms in total. The molecule has 234 valence electrons. The van der Waals surface area contributed by atoms with E-state index in [1.54, 1.807) is 0 Å². The van der Waals surface area contributed by atoms with Crippen LogP contribution in [0.2, 0.25) is 0 Å². The maximum Gasteiger partial charge on any atom is 2.00 e. The van der Waals surface area contributed by atoms with Crippen molar-refractivity contribution in [3.05, 3.63) is 0 Å². The molecule has 5 rings (SSSR count). The summed E-state index contributed by atoms with van der Waals surface area (Å²) in [6, 6.07) is 0. The van der Waals surface area contributed by atoms with Crippen LogP contribution in [0.4, 0.5) is 0 Å². The first kappa shape index (κ1) is 35.5. The number of aliphatic carboxylic acids is 3. The summed E-state index contributed by atoms with van der Waals surface area (Å²) in [4.78, 5) is 62.2. The molecule has 41 heavy (non-hydrogen) atoms. The van der Waals surface area contributed by atoms with Crippen LogP contribution in [0, 0.1) is 46.3 Å². The predicted octanol–water partition coefficient (Wildman–Crippen LogP) is 3.48. The van der Waals surface area contributed by atoms with Crippen LogP contribution in [-0.4, -0.2) is 62.8 Å². The van der Waals surface area contributed by atoms with Gasteiger partial charge in [0.05, 0.1) is 0 Å². The van der Waals surface area contributed by atoms with E-state index in [1.807, 2.05) is 13.8 Å². The van der Waals surface area contributed by atoms with E-state index in [1.165, 1.54) is 0 Å². The molecule has 5 fully saturated rings. The van der Waals surface area contributed by atoms with Crippen LogP contribution >= 0.6 is 0 Å². The molecule has 1 heterocycles. The maximum atomic E-state index is 13.9. The Morgan fingerprint density at radius 2 is 1.51 bits per heavy atom. The van der Waals surface area contributed by atoms with Gasteiger partial charge in [0, 0.05) is 43.4 Å². The van der Waals surface area contributed by atoms with Gasteiger partial charge in [-0.1, -0.05) is 20.8 Å². The van der Waals surface area contributed by atoms with Crippen LogP contribution in [-0.2, 0) is 54.5 Å². The van der Waals surface area contributed by atoms with E-state index in [0.717, 1.165) is 12.8 Å². The van der Waals surface area contributed by atoms with Crippen LogP contribution in [0.1, 0.15) is 78.6 Å². The first-order valence-electron chi connectivity index (χ1n) is 13.8. The van der Waals surface area contributed by atoms with Crippen LogP contribution in [0.3, 0.4) is 0 Å². The molecule has 4 aliphatic carbocycles. The summed E-state index contributed by atoms with van der Waals surface area (Å²) in [5.41, 5.74) is -1.00. The average molecular weight is 764 g/mol. The normalized spacial score (nSPS) is 43.3. The Morgan fingerprint density at radius 3 is 2.05 bits per heavy atom. The number of carbonyl (C=O) groups is 5. The number of rotatable bonds is 6. The van der Waals surface area contributed by atoms with E-state index in [4.69, 9.17) is 14.6 Å². The third kappa shape index (κ3) is 5.43. The fraction of sp³-hybridized carbons (Fsp3) is 0.821. The van der Waals surface area contributed by atoms with Crippen LogP contribution < -0.4 is 12.3 Å². The molecular weight excluding hydrogens is 719 g/mol. The van der Waals surface area contributed by atoms with Crippen molar-refractivity contribution in [1.82, 2.24) is 12.3 Å².